The van der Waals surface area contributed by atoms with Gasteiger partial charge in [0, 0.05) is 6.04 Å². The molecule has 1 N–H and O–H groups in total. The van der Waals surface area contributed by atoms with E-state index >= 15 is 0 Å². The van der Waals surface area contributed by atoms with Crippen molar-refractivity contribution >= 4 is 0 Å². The van der Waals surface area contributed by atoms with Crippen molar-refractivity contribution in [2.75, 3.05) is 40.8 Å². The van der Waals surface area contributed by atoms with E-state index in [2.05, 4.69) is 49.3 Å². The minimum absolute atomic E-state index is 0.284. The monoisotopic (exact) mass is 266 g/mol. The third-order valence-corrected chi connectivity index (χ3v) is 4.19. The highest BCUT2D eigenvalue weighted by Gasteiger charge is 2.36. The largest absolute Gasteiger partial charge is 0.309 e. The Morgan fingerprint density at radius 1 is 1.32 bits per heavy atom. The molecule has 0 saturated heterocycles. The predicted molar refractivity (Wildman–Crippen MR) is 80.1 cm³/mol. The first kappa shape index (κ1) is 16.4. The summed E-state index contributed by atoms with van der Waals surface area (Å²) >= 11 is 0. The molecule has 0 spiro atoms. The van der Waals surface area contributed by atoms with Crippen LogP contribution in [-0.2, 0) is 0 Å². The Kier molecular flexibility index (Phi) is 6.78. The molecule has 1 aliphatic carbocycles. The van der Waals surface area contributed by atoms with Crippen LogP contribution in [-0.4, -0.2) is 62.2 Å². The van der Waals surface area contributed by atoms with Gasteiger partial charge in [-0.3, -0.25) is 5.32 Å². The average molecular weight is 266 g/mol. The van der Waals surface area contributed by atoms with Crippen LogP contribution in [0.3, 0.4) is 0 Å². The molecule has 4 nitrogen and oxygen atoms in total. The number of hydrogen-bond donors (Lipinski definition) is 1. The summed E-state index contributed by atoms with van der Waals surface area (Å²) in [7, 11) is 6.44. The second-order valence-corrected chi connectivity index (χ2v) is 6.11. The van der Waals surface area contributed by atoms with Crippen molar-refractivity contribution in [3.05, 3.63) is 0 Å². The molecular weight excluding hydrogens is 236 g/mol. The highest BCUT2D eigenvalue weighted by molar-refractivity contribution is 5.10. The number of nitriles is 1. The van der Waals surface area contributed by atoms with Gasteiger partial charge in [-0.2, -0.15) is 5.26 Å². The molecule has 1 saturated carbocycles. The topological polar surface area (TPSA) is 42.3 Å². The van der Waals surface area contributed by atoms with Gasteiger partial charge in [-0.15, -0.1) is 0 Å². The molecular formula is C15H30N4. The molecule has 1 fully saturated rings. The van der Waals surface area contributed by atoms with Crippen LogP contribution >= 0.6 is 0 Å². The van der Waals surface area contributed by atoms with Crippen LogP contribution in [0.25, 0.3) is 0 Å². The summed E-state index contributed by atoms with van der Waals surface area (Å²) in [4.78, 5) is 4.68. The summed E-state index contributed by atoms with van der Waals surface area (Å²) in [6.45, 7) is 5.22. The van der Waals surface area contributed by atoms with Gasteiger partial charge in [-0.05, 0) is 72.9 Å². The maximum atomic E-state index is 9.48. The second-order valence-electron chi connectivity index (χ2n) is 6.11. The zero-order chi connectivity index (χ0) is 14.3. The molecule has 0 aromatic rings. The second kappa shape index (κ2) is 7.84. The van der Waals surface area contributed by atoms with E-state index in [1.165, 1.54) is 12.8 Å². The van der Waals surface area contributed by atoms with Crippen LogP contribution in [0.4, 0.5) is 0 Å². The van der Waals surface area contributed by atoms with Crippen molar-refractivity contribution in [2.24, 2.45) is 0 Å². The van der Waals surface area contributed by atoms with Crippen molar-refractivity contribution in [1.29, 1.82) is 5.26 Å². The van der Waals surface area contributed by atoms with Crippen LogP contribution in [0.5, 0.6) is 0 Å². The Morgan fingerprint density at radius 3 is 2.63 bits per heavy atom. The van der Waals surface area contributed by atoms with E-state index in [1.807, 2.05) is 0 Å². The fraction of sp³-hybridized carbons (Fsp3) is 0.933. The number of nitrogens with zero attached hydrogens (tertiary/aromatic N) is 3. The fourth-order valence-electron chi connectivity index (χ4n) is 3.08. The van der Waals surface area contributed by atoms with Crippen molar-refractivity contribution < 1.29 is 0 Å². The third kappa shape index (κ3) is 5.10. The van der Waals surface area contributed by atoms with Gasteiger partial charge >= 0.3 is 0 Å². The highest BCUT2D eigenvalue weighted by atomic mass is 15.1. The lowest BCUT2D eigenvalue weighted by Crippen LogP contribution is -2.52. The maximum Gasteiger partial charge on any atom is 0.108 e. The van der Waals surface area contributed by atoms with Gasteiger partial charge in [0.1, 0.15) is 5.54 Å². The lowest BCUT2D eigenvalue weighted by Gasteiger charge is -2.40. The fourth-order valence-corrected chi connectivity index (χ4v) is 3.08. The van der Waals surface area contributed by atoms with Crippen LogP contribution < -0.4 is 5.32 Å². The van der Waals surface area contributed by atoms with E-state index in [0.717, 1.165) is 38.9 Å². The SMILES string of the molecule is CCNC1(C#N)CCCC(N(C)CCCN(C)C)C1. The summed E-state index contributed by atoms with van der Waals surface area (Å²) in [6, 6.07) is 3.08. The van der Waals surface area contributed by atoms with Gasteiger partial charge in [0.15, 0.2) is 0 Å². The normalized spacial score (nSPS) is 27.7. The quantitative estimate of drug-likeness (QED) is 0.761. The summed E-state index contributed by atoms with van der Waals surface area (Å²) in [5.74, 6) is 0. The molecule has 0 radical (unpaired) electrons. The first-order valence-corrected chi connectivity index (χ1v) is 7.54. The maximum absolute atomic E-state index is 9.48. The van der Waals surface area contributed by atoms with Crippen molar-refractivity contribution in [2.45, 2.75) is 50.6 Å². The molecule has 0 aromatic heterocycles. The van der Waals surface area contributed by atoms with E-state index in [4.69, 9.17) is 0 Å². The van der Waals surface area contributed by atoms with Gasteiger partial charge in [0.25, 0.3) is 0 Å². The molecule has 2 atom stereocenters. The third-order valence-electron chi connectivity index (χ3n) is 4.19. The molecule has 0 bridgehead atoms. The van der Waals surface area contributed by atoms with Crippen LogP contribution in [0, 0.1) is 11.3 Å². The molecule has 0 amide bonds. The van der Waals surface area contributed by atoms with Crippen molar-refractivity contribution in [3.8, 4) is 6.07 Å². The Balaban J connectivity index is 2.47. The molecule has 19 heavy (non-hydrogen) atoms. The lowest BCUT2D eigenvalue weighted by molar-refractivity contribution is 0.141. The number of nitrogens with one attached hydrogen (secondary N) is 1. The Bertz CT molecular complexity index is 293. The molecule has 0 aliphatic heterocycles. The van der Waals surface area contributed by atoms with E-state index < -0.39 is 0 Å². The summed E-state index contributed by atoms with van der Waals surface area (Å²) in [5.41, 5.74) is -0.284. The van der Waals surface area contributed by atoms with E-state index in [-0.39, 0.29) is 5.54 Å². The summed E-state index contributed by atoms with van der Waals surface area (Å²) < 4.78 is 0. The lowest BCUT2D eigenvalue weighted by atomic mass is 9.79. The molecule has 1 rings (SSSR count). The van der Waals surface area contributed by atoms with E-state index in [1.54, 1.807) is 0 Å². The molecule has 4 heteroatoms. The predicted octanol–water partition coefficient (Wildman–Crippen LogP) is 1.68. The van der Waals surface area contributed by atoms with E-state index in [9.17, 15) is 5.26 Å². The van der Waals surface area contributed by atoms with Crippen molar-refractivity contribution in [3.63, 3.8) is 0 Å². The highest BCUT2D eigenvalue weighted by Crippen LogP contribution is 2.30. The Labute approximate surface area is 118 Å². The van der Waals surface area contributed by atoms with Gasteiger partial charge < -0.3 is 9.80 Å². The van der Waals surface area contributed by atoms with Gasteiger partial charge in [0.05, 0.1) is 6.07 Å². The van der Waals surface area contributed by atoms with Crippen LogP contribution in [0.15, 0.2) is 0 Å². The molecule has 1 aliphatic rings. The van der Waals surface area contributed by atoms with Crippen molar-refractivity contribution in [1.82, 2.24) is 15.1 Å². The smallest absolute Gasteiger partial charge is 0.108 e. The zero-order valence-corrected chi connectivity index (χ0v) is 13.1. The molecule has 2 unspecified atom stereocenters. The molecule has 0 aromatic carbocycles. The van der Waals surface area contributed by atoms with Gasteiger partial charge in [0.2, 0.25) is 0 Å². The standard InChI is InChI=1S/C15H30N4/c1-5-17-15(13-16)9-6-8-14(12-15)19(4)11-7-10-18(2)3/h14,17H,5-12H2,1-4H3. The molecule has 110 valence electrons. The summed E-state index contributed by atoms with van der Waals surface area (Å²) in [5, 5.41) is 12.9. The zero-order valence-electron chi connectivity index (χ0n) is 13.1. The van der Waals surface area contributed by atoms with E-state index in [0.29, 0.717) is 6.04 Å². The Hall–Kier alpha value is -0.630. The molecule has 0 heterocycles. The minimum Gasteiger partial charge on any atom is -0.309 e. The van der Waals surface area contributed by atoms with Gasteiger partial charge in [-0.1, -0.05) is 6.92 Å². The average Bonchev–Trinajstić information content (AvgIpc) is 2.39. The van der Waals surface area contributed by atoms with Crippen LogP contribution in [0.2, 0.25) is 0 Å². The Morgan fingerprint density at radius 2 is 2.05 bits per heavy atom. The van der Waals surface area contributed by atoms with Crippen LogP contribution in [0.1, 0.15) is 39.0 Å². The minimum atomic E-state index is -0.284. The van der Waals surface area contributed by atoms with Gasteiger partial charge in [-0.25, -0.2) is 0 Å². The number of rotatable bonds is 7. The summed E-state index contributed by atoms with van der Waals surface area (Å²) in [6.07, 6.45) is 5.55. The number of hydrogen-bond acceptors (Lipinski definition) is 4. The first-order valence-electron chi connectivity index (χ1n) is 7.54. The first-order chi connectivity index (χ1) is 9.03.